The third-order valence-corrected chi connectivity index (χ3v) is 5.40. The predicted octanol–water partition coefficient (Wildman–Crippen LogP) is 2.03. The molecule has 1 heterocycles. The number of guanidine groups is 1. The topological polar surface area (TPSA) is 77.0 Å². The van der Waals surface area contributed by atoms with Gasteiger partial charge in [-0.25, -0.2) is 0 Å². The Balaban J connectivity index is 1.54. The van der Waals surface area contributed by atoms with Gasteiger partial charge in [0.1, 0.15) is 0 Å². The summed E-state index contributed by atoms with van der Waals surface area (Å²) in [5.41, 5.74) is 4.21. The van der Waals surface area contributed by atoms with Gasteiger partial charge >= 0.3 is 0 Å². The van der Waals surface area contributed by atoms with Crippen LogP contribution in [0.3, 0.4) is 0 Å². The van der Waals surface area contributed by atoms with Crippen molar-refractivity contribution in [2.45, 2.75) is 26.4 Å². The van der Waals surface area contributed by atoms with Crippen LogP contribution in [0.2, 0.25) is 0 Å². The molecule has 164 valence electrons. The molecule has 1 fully saturated rings. The number of carbonyl (C=O) groups excluding carboxylic acids is 2. The molecule has 2 N–H and O–H groups in total. The van der Waals surface area contributed by atoms with Gasteiger partial charge in [-0.3, -0.25) is 14.6 Å². The van der Waals surface area contributed by atoms with Gasteiger partial charge in [-0.2, -0.15) is 0 Å². The van der Waals surface area contributed by atoms with Crippen LogP contribution in [0.1, 0.15) is 34.0 Å². The fourth-order valence-electron chi connectivity index (χ4n) is 3.55. The average molecular weight is 422 g/mol. The van der Waals surface area contributed by atoms with E-state index in [0.29, 0.717) is 25.2 Å². The molecule has 0 saturated carbocycles. The molecule has 0 aromatic heterocycles. The summed E-state index contributed by atoms with van der Waals surface area (Å²) in [4.78, 5) is 32.1. The second kappa shape index (κ2) is 10.6. The van der Waals surface area contributed by atoms with E-state index in [0.717, 1.165) is 24.5 Å². The molecule has 31 heavy (non-hydrogen) atoms. The minimum absolute atomic E-state index is 0.112. The summed E-state index contributed by atoms with van der Waals surface area (Å²) in [6.07, 6.45) is 1.04. The first kappa shape index (κ1) is 22.3. The van der Waals surface area contributed by atoms with Crippen molar-refractivity contribution >= 4 is 17.8 Å². The van der Waals surface area contributed by atoms with E-state index in [2.05, 4.69) is 51.7 Å². The van der Waals surface area contributed by atoms with Gasteiger partial charge in [-0.15, -0.1) is 0 Å². The zero-order valence-corrected chi connectivity index (χ0v) is 18.5. The van der Waals surface area contributed by atoms with Gasteiger partial charge in [0.25, 0.3) is 5.91 Å². The van der Waals surface area contributed by atoms with Crippen LogP contribution in [0.4, 0.5) is 0 Å². The van der Waals surface area contributed by atoms with Crippen molar-refractivity contribution in [1.82, 2.24) is 20.4 Å². The lowest BCUT2D eigenvalue weighted by Crippen LogP contribution is -2.49. The van der Waals surface area contributed by atoms with Crippen LogP contribution >= 0.6 is 0 Å². The molecule has 0 aliphatic carbocycles. The quantitative estimate of drug-likeness (QED) is 0.553. The Hall–Kier alpha value is -3.35. The van der Waals surface area contributed by atoms with Crippen LogP contribution in [0.25, 0.3) is 0 Å². The largest absolute Gasteiger partial charge is 0.353 e. The number of amides is 2. The van der Waals surface area contributed by atoms with Gasteiger partial charge in [0.2, 0.25) is 5.91 Å². The number of piperazine rings is 1. The number of aryl methyl sites for hydroxylation is 1. The van der Waals surface area contributed by atoms with Gasteiger partial charge in [0, 0.05) is 45.8 Å². The van der Waals surface area contributed by atoms with E-state index >= 15 is 0 Å². The Labute approximate surface area is 184 Å². The predicted molar refractivity (Wildman–Crippen MR) is 123 cm³/mol. The molecule has 2 aromatic carbocycles. The van der Waals surface area contributed by atoms with Gasteiger partial charge in [-0.05, 0) is 35.2 Å². The Bertz CT molecular complexity index is 922. The minimum Gasteiger partial charge on any atom is -0.353 e. The van der Waals surface area contributed by atoms with Crippen LogP contribution in [-0.4, -0.2) is 61.3 Å². The molecule has 1 aliphatic heterocycles. The SMILES string of the molecule is CCc1ccc(CN(C)C(=NC)NCc2ccc(C(=O)N3CCNC(=O)C3)cc2)cc1. The zero-order chi connectivity index (χ0) is 22.2. The Morgan fingerprint density at radius 2 is 1.74 bits per heavy atom. The van der Waals surface area contributed by atoms with Crippen molar-refractivity contribution < 1.29 is 9.59 Å². The third-order valence-electron chi connectivity index (χ3n) is 5.40. The summed E-state index contributed by atoms with van der Waals surface area (Å²) in [6, 6.07) is 16.1. The average Bonchev–Trinajstić information content (AvgIpc) is 2.80. The molecule has 0 atom stereocenters. The van der Waals surface area contributed by atoms with Crippen molar-refractivity contribution in [3.63, 3.8) is 0 Å². The summed E-state index contributed by atoms with van der Waals surface area (Å²) in [6.45, 7) is 4.68. The summed E-state index contributed by atoms with van der Waals surface area (Å²) < 4.78 is 0. The molecular formula is C24H31N5O2. The van der Waals surface area contributed by atoms with E-state index in [1.54, 1.807) is 11.9 Å². The van der Waals surface area contributed by atoms with Crippen LogP contribution in [-0.2, 0) is 24.3 Å². The highest BCUT2D eigenvalue weighted by molar-refractivity contribution is 5.97. The van der Waals surface area contributed by atoms with Gasteiger partial charge < -0.3 is 20.4 Å². The van der Waals surface area contributed by atoms with Gasteiger partial charge in [0.05, 0.1) is 6.54 Å². The Morgan fingerprint density at radius 1 is 1.10 bits per heavy atom. The highest BCUT2D eigenvalue weighted by atomic mass is 16.2. The van der Waals surface area contributed by atoms with Crippen molar-refractivity contribution in [2.75, 3.05) is 33.7 Å². The molecule has 2 amide bonds. The molecule has 1 aliphatic rings. The zero-order valence-electron chi connectivity index (χ0n) is 18.5. The minimum atomic E-state index is -0.114. The molecule has 3 rings (SSSR count). The third kappa shape index (κ3) is 6.07. The van der Waals surface area contributed by atoms with Crippen molar-refractivity contribution in [2.24, 2.45) is 4.99 Å². The molecule has 0 unspecified atom stereocenters. The normalized spacial score (nSPS) is 14.2. The fourth-order valence-corrected chi connectivity index (χ4v) is 3.55. The number of hydrogen-bond donors (Lipinski definition) is 2. The maximum atomic E-state index is 12.6. The summed E-state index contributed by atoms with van der Waals surface area (Å²) in [5.74, 6) is 0.579. The molecule has 7 heteroatoms. The molecular weight excluding hydrogens is 390 g/mol. The summed E-state index contributed by atoms with van der Waals surface area (Å²) in [7, 11) is 3.79. The number of aliphatic imine (C=N–C) groups is 1. The second-order valence-electron chi connectivity index (χ2n) is 7.70. The lowest BCUT2D eigenvalue weighted by Gasteiger charge is -2.26. The number of hydrogen-bond acceptors (Lipinski definition) is 3. The van der Waals surface area contributed by atoms with Gasteiger partial charge in [-0.1, -0.05) is 43.3 Å². The first-order valence-corrected chi connectivity index (χ1v) is 10.6. The number of nitrogens with one attached hydrogen (secondary N) is 2. The van der Waals surface area contributed by atoms with Crippen LogP contribution in [0, 0.1) is 0 Å². The van der Waals surface area contributed by atoms with Crippen molar-refractivity contribution in [3.8, 4) is 0 Å². The summed E-state index contributed by atoms with van der Waals surface area (Å²) in [5, 5.41) is 6.11. The van der Waals surface area contributed by atoms with E-state index < -0.39 is 0 Å². The second-order valence-corrected chi connectivity index (χ2v) is 7.70. The molecule has 2 aromatic rings. The van der Waals surface area contributed by atoms with Crippen LogP contribution in [0.5, 0.6) is 0 Å². The molecule has 1 saturated heterocycles. The van der Waals surface area contributed by atoms with Crippen LogP contribution < -0.4 is 10.6 Å². The Morgan fingerprint density at radius 3 is 2.35 bits per heavy atom. The standard InChI is InChI=1S/C24H31N5O2/c1-4-18-5-7-20(8-6-18)16-28(3)24(25-2)27-15-19-9-11-21(12-10-19)23(31)29-14-13-26-22(30)17-29/h5-12H,4,13-17H2,1-3H3,(H,25,27)(H,26,30). The highest BCUT2D eigenvalue weighted by Gasteiger charge is 2.22. The molecule has 7 nitrogen and oxygen atoms in total. The maximum Gasteiger partial charge on any atom is 0.254 e. The monoisotopic (exact) mass is 421 g/mol. The number of nitrogens with zero attached hydrogens (tertiary/aromatic N) is 3. The Kier molecular flexibility index (Phi) is 7.65. The van der Waals surface area contributed by atoms with Crippen molar-refractivity contribution in [1.29, 1.82) is 0 Å². The lowest BCUT2D eigenvalue weighted by atomic mass is 10.1. The van der Waals surface area contributed by atoms with E-state index in [1.807, 2.05) is 31.3 Å². The van der Waals surface area contributed by atoms with Crippen molar-refractivity contribution in [3.05, 3.63) is 70.8 Å². The number of carbonyl (C=O) groups is 2. The lowest BCUT2D eigenvalue weighted by molar-refractivity contribution is -0.123. The van der Waals surface area contributed by atoms with E-state index in [9.17, 15) is 9.59 Å². The smallest absolute Gasteiger partial charge is 0.254 e. The van der Waals surface area contributed by atoms with Crippen LogP contribution in [0.15, 0.2) is 53.5 Å². The fraction of sp³-hybridized carbons (Fsp3) is 0.375. The first-order valence-electron chi connectivity index (χ1n) is 10.6. The first-order chi connectivity index (χ1) is 15.0. The summed E-state index contributed by atoms with van der Waals surface area (Å²) >= 11 is 0. The number of rotatable bonds is 6. The van der Waals surface area contributed by atoms with E-state index in [-0.39, 0.29) is 18.4 Å². The van der Waals surface area contributed by atoms with E-state index in [1.165, 1.54) is 11.1 Å². The molecule has 0 bridgehead atoms. The maximum absolute atomic E-state index is 12.6. The molecule has 0 radical (unpaired) electrons. The van der Waals surface area contributed by atoms with Gasteiger partial charge in [0.15, 0.2) is 5.96 Å². The highest BCUT2D eigenvalue weighted by Crippen LogP contribution is 2.10. The van der Waals surface area contributed by atoms with E-state index in [4.69, 9.17) is 0 Å². The number of benzene rings is 2. The molecule has 0 spiro atoms.